The van der Waals surface area contributed by atoms with Gasteiger partial charge in [-0.2, -0.15) is 0 Å². The number of carboxylic acid groups (broad SMARTS) is 4. The summed E-state index contributed by atoms with van der Waals surface area (Å²) in [5.74, 6) is -6.70. The maximum atomic E-state index is 11.9. The van der Waals surface area contributed by atoms with Crippen LogP contribution in [-0.2, 0) is 46.4 Å². The number of benzene rings is 2. The van der Waals surface area contributed by atoms with E-state index in [1.807, 2.05) is 0 Å². The van der Waals surface area contributed by atoms with Crippen LogP contribution in [0.4, 0.5) is 0 Å². The minimum absolute atomic E-state index is 0. The molecule has 47 heavy (non-hydrogen) atoms. The smallest absolute Gasteiger partial charge is 0.810 e. The normalized spacial score (nSPS) is 12.9. The number of carbonyl (C=O) groups is 4. The minimum Gasteiger partial charge on any atom is -0.810 e. The fourth-order valence-electron chi connectivity index (χ4n) is 4.43. The molecule has 2 aromatic rings. The van der Waals surface area contributed by atoms with Gasteiger partial charge in [-0.15, -0.1) is 0 Å². The molecule has 0 unspecified atom stereocenters. The van der Waals surface area contributed by atoms with Crippen LogP contribution in [0.5, 0.6) is 0 Å². The molecule has 0 aliphatic heterocycles. The fourth-order valence-corrected chi connectivity index (χ4v) is 5.20. The topological polar surface area (TPSA) is 252 Å². The average molecular weight is 821 g/mol. The fraction of sp³-hybridized carbons (Fsp3) is 0.448. The van der Waals surface area contributed by atoms with Gasteiger partial charge in [-0.3, -0.25) is 14.7 Å². The average Bonchev–Trinajstić information content (AvgIpc) is 2.97. The van der Waals surface area contributed by atoms with Crippen molar-refractivity contribution in [3.05, 3.63) is 71.8 Å². The Hall–Kier alpha value is -2.41. The molecular weight excluding hydrogens is 787 g/mol. The molecule has 2 aromatic carbocycles. The number of carboxylic acids is 4. The van der Waals surface area contributed by atoms with Crippen molar-refractivity contribution in [3.63, 3.8) is 0 Å². The summed E-state index contributed by atoms with van der Waals surface area (Å²) in [6.45, 7) is -4.58. The van der Waals surface area contributed by atoms with Crippen LogP contribution in [0.1, 0.15) is 11.1 Å². The van der Waals surface area contributed by atoms with Crippen LogP contribution in [0.2, 0.25) is 0 Å². The molecule has 0 saturated carbocycles. The van der Waals surface area contributed by atoms with E-state index in [0.29, 0.717) is 11.1 Å². The van der Waals surface area contributed by atoms with E-state index in [1.165, 1.54) is 0 Å². The van der Waals surface area contributed by atoms with E-state index in [-0.39, 0.29) is 53.2 Å². The minimum atomic E-state index is -5.26. The second-order valence-electron chi connectivity index (χ2n) is 10.2. The molecule has 0 N–H and O–H groups in total. The summed E-state index contributed by atoms with van der Waals surface area (Å²) < 4.78 is 22.6. The van der Waals surface area contributed by atoms with Crippen LogP contribution in [-0.4, -0.2) is 109 Å². The Bertz CT molecular complexity index is 1220. The van der Waals surface area contributed by atoms with Crippen LogP contribution >= 0.6 is 7.60 Å². The van der Waals surface area contributed by atoms with Crippen molar-refractivity contribution in [2.45, 2.75) is 25.3 Å². The maximum absolute atomic E-state index is 11.9. The van der Waals surface area contributed by atoms with Crippen molar-refractivity contribution < 1.29 is 103 Å². The van der Waals surface area contributed by atoms with E-state index < -0.39 is 102 Å². The Morgan fingerprint density at radius 3 is 1.30 bits per heavy atom. The quantitative estimate of drug-likeness (QED) is 0.0894. The number of rotatable bonds is 24. The molecule has 0 spiro atoms. The maximum Gasteiger partial charge on any atom is 3.00 e. The molecule has 0 aliphatic carbocycles. The van der Waals surface area contributed by atoms with Crippen LogP contribution in [0.25, 0.3) is 0 Å². The first-order valence-electron chi connectivity index (χ1n) is 14.0. The number of hydrogen-bond donors (Lipinski definition) is 0. The molecule has 0 bridgehead atoms. The molecule has 0 fully saturated rings. The summed E-state index contributed by atoms with van der Waals surface area (Å²) in [5, 5.41) is 46.7. The second kappa shape index (κ2) is 22.3. The van der Waals surface area contributed by atoms with Gasteiger partial charge >= 0.3 is 39.9 Å². The molecule has 0 saturated heterocycles. The van der Waals surface area contributed by atoms with Crippen LogP contribution in [0.3, 0.4) is 0 Å². The summed E-state index contributed by atoms with van der Waals surface area (Å²) in [6.07, 6.45) is -1.12. The largest absolute Gasteiger partial charge is 3.00 e. The van der Waals surface area contributed by atoms with Crippen molar-refractivity contribution in [1.29, 1.82) is 0 Å². The van der Waals surface area contributed by atoms with Crippen molar-refractivity contribution in [1.82, 2.24) is 14.7 Å². The molecule has 1 radical (unpaired) electrons. The predicted molar refractivity (Wildman–Crippen MR) is 147 cm³/mol. The third kappa shape index (κ3) is 18.1. The molecule has 2 rings (SSSR count). The molecule has 2 atom stereocenters. The summed E-state index contributed by atoms with van der Waals surface area (Å²) in [5.41, 5.74) is 1.42. The van der Waals surface area contributed by atoms with Gasteiger partial charge in [-0.1, -0.05) is 68.3 Å². The first-order valence-corrected chi connectivity index (χ1v) is 15.7. The summed E-state index contributed by atoms with van der Waals surface area (Å²) >= 11 is 0. The van der Waals surface area contributed by atoms with Gasteiger partial charge in [0.25, 0.3) is 0 Å². The SMILES string of the molecule is O=C([O-])CN(CCN(CCN(CC(=O)[O-])[C@@H](COCc1ccccc1)C(=O)[O-])CP(=O)([O-])[O-])[C@@H](COCc1ccccc1)C(=O)[O-].[Gd+3]. The van der Waals surface area contributed by atoms with E-state index in [1.54, 1.807) is 60.7 Å². The van der Waals surface area contributed by atoms with Gasteiger partial charge in [0, 0.05) is 45.6 Å². The van der Waals surface area contributed by atoms with Crippen molar-refractivity contribution in [2.75, 3.05) is 58.8 Å². The van der Waals surface area contributed by atoms with Crippen LogP contribution in [0, 0.1) is 39.9 Å². The number of ether oxygens (including phenoxy) is 2. The third-order valence-electron chi connectivity index (χ3n) is 6.64. The van der Waals surface area contributed by atoms with Crippen molar-refractivity contribution in [3.8, 4) is 0 Å². The van der Waals surface area contributed by atoms with E-state index in [2.05, 4.69) is 0 Å². The van der Waals surface area contributed by atoms with Crippen molar-refractivity contribution >= 4 is 31.5 Å². The molecule has 0 amide bonds. The van der Waals surface area contributed by atoms with E-state index in [0.717, 1.165) is 14.7 Å². The first kappa shape index (κ1) is 42.6. The van der Waals surface area contributed by atoms with Gasteiger partial charge in [0.1, 0.15) is 0 Å². The standard InChI is InChI=1S/C29H40N3O13P.Gd/c33-26(34)15-31(24(28(37)38)19-44-17-22-7-3-1-4-8-22)13-11-30(21-46(41,42)43)12-14-32(16-27(35)36)25(29(39)40)20-45-18-23-9-5-2-6-10-23;/h1-10,24-25H,11-21H2,(H,33,34)(H,35,36)(H,37,38)(H,39,40)(H2,41,42,43);/q;+3/p-6/t24-,25-;/m0./s1. The predicted octanol–water partition coefficient (Wildman–Crippen LogP) is -6.07. The van der Waals surface area contributed by atoms with Crippen LogP contribution < -0.4 is 30.2 Å². The second-order valence-corrected chi connectivity index (χ2v) is 11.7. The van der Waals surface area contributed by atoms with E-state index in [9.17, 15) is 54.0 Å². The molecule has 0 heterocycles. The summed E-state index contributed by atoms with van der Waals surface area (Å²) in [6, 6.07) is 14.1. The Morgan fingerprint density at radius 1 is 0.638 bits per heavy atom. The Kier molecular flexibility index (Phi) is 20.2. The zero-order valence-electron chi connectivity index (χ0n) is 25.2. The van der Waals surface area contributed by atoms with Gasteiger partial charge in [-0.05, 0) is 11.1 Å². The molecular formula is C29H34GdN3O13P-3. The first-order chi connectivity index (χ1) is 21.7. The number of carbonyl (C=O) groups excluding carboxylic acids is 4. The Morgan fingerprint density at radius 2 is 1.00 bits per heavy atom. The molecule has 16 nitrogen and oxygen atoms in total. The molecule has 18 heteroatoms. The zero-order chi connectivity index (χ0) is 34.1. The zero-order valence-corrected chi connectivity index (χ0v) is 28.3. The van der Waals surface area contributed by atoms with Crippen LogP contribution in [0.15, 0.2) is 60.7 Å². The van der Waals surface area contributed by atoms with E-state index >= 15 is 0 Å². The van der Waals surface area contributed by atoms with Gasteiger partial charge in [0.05, 0.1) is 62.4 Å². The summed E-state index contributed by atoms with van der Waals surface area (Å²) in [7, 11) is -5.26. The Labute approximate surface area is 303 Å². The van der Waals surface area contributed by atoms with E-state index in [4.69, 9.17) is 9.47 Å². The van der Waals surface area contributed by atoms with Gasteiger partial charge < -0.3 is 63.4 Å². The van der Waals surface area contributed by atoms with Gasteiger partial charge in [0.15, 0.2) is 0 Å². The summed E-state index contributed by atoms with van der Waals surface area (Å²) in [4.78, 5) is 72.8. The number of nitrogens with zero attached hydrogens (tertiary/aromatic N) is 3. The van der Waals surface area contributed by atoms with Gasteiger partial charge in [-0.25, -0.2) is 0 Å². The molecule has 259 valence electrons. The molecule has 0 aromatic heterocycles. The van der Waals surface area contributed by atoms with Crippen molar-refractivity contribution in [2.24, 2.45) is 0 Å². The number of hydrogen-bond acceptors (Lipinski definition) is 16. The number of aliphatic carboxylic acids is 4. The van der Waals surface area contributed by atoms with Gasteiger partial charge in [0.2, 0.25) is 0 Å². The third-order valence-corrected chi connectivity index (χ3v) is 7.39. The molecule has 0 aliphatic rings. The Balaban J connectivity index is 0.0000110. The monoisotopic (exact) mass is 821 g/mol.